The first-order valence-corrected chi connectivity index (χ1v) is 9.50. The molecule has 0 bridgehead atoms. The maximum absolute atomic E-state index is 11.5. The predicted molar refractivity (Wildman–Crippen MR) is 91.3 cm³/mol. The molecule has 0 saturated carbocycles. The van der Waals surface area contributed by atoms with Crippen molar-refractivity contribution in [2.45, 2.75) is 18.9 Å². The second-order valence-corrected chi connectivity index (χ2v) is 7.92. The Balaban J connectivity index is 1.53. The lowest BCUT2D eigenvalue weighted by Crippen LogP contribution is -2.21. The summed E-state index contributed by atoms with van der Waals surface area (Å²) in [5, 5.41) is 6.44. The van der Waals surface area contributed by atoms with Gasteiger partial charge in [-0.25, -0.2) is 18.4 Å². The van der Waals surface area contributed by atoms with Gasteiger partial charge in [0.1, 0.15) is 18.0 Å². The molecule has 1 aromatic heterocycles. The number of hydrogen-bond acceptors (Lipinski definition) is 6. The molecule has 1 unspecified atom stereocenters. The minimum atomic E-state index is -2.89. The molecular formula is C16H20N4O2S. The third-order valence-corrected chi connectivity index (χ3v) is 5.58. The van der Waals surface area contributed by atoms with Gasteiger partial charge in [-0.05, 0) is 18.4 Å². The van der Waals surface area contributed by atoms with Gasteiger partial charge in [0, 0.05) is 18.7 Å². The van der Waals surface area contributed by atoms with E-state index in [0.29, 0.717) is 12.2 Å². The van der Waals surface area contributed by atoms with E-state index in [1.165, 1.54) is 11.9 Å². The van der Waals surface area contributed by atoms with E-state index in [0.717, 1.165) is 18.8 Å². The van der Waals surface area contributed by atoms with E-state index in [-0.39, 0.29) is 17.5 Å². The highest BCUT2D eigenvalue weighted by Gasteiger charge is 2.27. The fourth-order valence-electron chi connectivity index (χ4n) is 2.63. The highest BCUT2D eigenvalue weighted by molar-refractivity contribution is 7.91. The minimum absolute atomic E-state index is 0.0629. The predicted octanol–water partition coefficient (Wildman–Crippen LogP) is 1.73. The first kappa shape index (κ1) is 15.7. The van der Waals surface area contributed by atoms with Gasteiger partial charge in [0.15, 0.2) is 9.84 Å². The van der Waals surface area contributed by atoms with Crippen molar-refractivity contribution < 1.29 is 8.42 Å². The quantitative estimate of drug-likeness (QED) is 0.838. The Morgan fingerprint density at radius 3 is 2.65 bits per heavy atom. The Bertz CT molecular complexity index is 750. The van der Waals surface area contributed by atoms with E-state index in [2.05, 4.69) is 32.7 Å². The Hall–Kier alpha value is -2.15. The van der Waals surface area contributed by atoms with Crippen LogP contribution in [0.15, 0.2) is 42.7 Å². The average molecular weight is 332 g/mol. The van der Waals surface area contributed by atoms with Crippen LogP contribution in [0.25, 0.3) is 0 Å². The standard InChI is InChI=1S/C16H20N4O2S/c21-23(22)9-7-14(11-23)20-16-10-15(18-12-19-16)17-8-6-13-4-2-1-3-5-13/h1-5,10,12,14H,6-9,11H2,(H2,17,18,19,20). The third-order valence-electron chi connectivity index (χ3n) is 3.81. The lowest BCUT2D eigenvalue weighted by molar-refractivity contribution is 0.602. The topological polar surface area (TPSA) is 84.0 Å². The Kier molecular flexibility index (Phi) is 4.76. The largest absolute Gasteiger partial charge is 0.370 e. The molecule has 2 heterocycles. The molecule has 0 spiro atoms. The highest BCUT2D eigenvalue weighted by atomic mass is 32.2. The van der Waals surface area contributed by atoms with E-state index in [4.69, 9.17) is 0 Å². The minimum Gasteiger partial charge on any atom is -0.370 e. The second-order valence-electron chi connectivity index (χ2n) is 5.70. The molecule has 1 fully saturated rings. The Labute approximate surface area is 136 Å². The Morgan fingerprint density at radius 1 is 1.13 bits per heavy atom. The van der Waals surface area contributed by atoms with Crippen LogP contribution in [0, 0.1) is 0 Å². The van der Waals surface area contributed by atoms with Gasteiger partial charge in [-0.3, -0.25) is 0 Å². The zero-order chi connectivity index (χ0) is 16.1. The monoisotopic (exact) mass is 332 g/mol. The normalized spacial score (nSPS) is 19.4. The van der Waals surface area contributed by atoms with Gasteiger partial charge in [-0.1, -0.05) is 30.3 Å². The van der Waals surface area contributed by atoms with Crippen LogP contribution in [0.4, 0.5) is 11.6 Å². The molecule has 2 N–H and O–H groups in total. The van der Waals surface area contributed by atoms with Gasteiger partial charge >= 0.3 is 0 Å². The number of hydrogen-bond donors (Lipinski definition) is 2. The summed E-state index contributed by atoms with van der Waals surface area (Å²) in [4.78, 5) is 8.35. The first-order valence-electron chi connectivity index (χ1n) is 7.67. The number of anilines is 2. The summed E-state index contributed by atoms with van der Waals surface area (Å²) in [7, 11) is -2.89. The van der Waals surface area contributed by atoms with E-state index in [1.54, 1.807) is 0 Å². The van der Waals surface area contributed by atoms with Gasteiger partial charge in [-0.15, -0.1) is 0 Å². The summed E-state index contributed by atoms with van der Waals surface area (Å²) in [6.45, 7) is 0.776. The van der Waals surface area contributed by atoms with Crippen LogP contribution in [-0.2, 0) is 16.3 Å². The number of rotatable bonds is 6. The van der Waals surface area contributed by atoms with Crippen LogP contribution < -0.4 is 10.6 Å². The lowest BCUT2D eigenvalue weighted by atomic mass is 10.1. The van der Waals surface area contributed by atoms with Gasteiger partial charge in [0.25, 0.3) is 0 Å². The van der Waals surface area contributed by atoms with E-state index < -0.39 is 9.84 Å². The fourth-order valence-corrected chi connectivity index (χ4v) is 4.30. The van der Waals surface area contributed by atoms with Crippen LogP contribution in [0.3, 0.4) is 0 Å². The molecule has 23 heavy (non-hydrogen) atoms. The van der Waals surface area contributed by atoms with E-state index in [1.807, 2.05) is 24.3 Å². The summed E-state index contributed by atoms with van der Waals surface area (Å²) in [5.74, 6) is 1.81. The van der Waals surface area contributed by atoms with Gasteiger partial charge in [-0.2, -0.15) is 0 Å². The van der Waals surface area contributed by atoms with Crippen molar-refractivity contribution >= 4 is 21.5 Å². The van der Waals surface area contributed by atoms with Crippen molar-refractivity contribution in [3.8, 4) is 0 Å². The highest BCUT2D eigenvalue weighted by Crippen LogP contribution is 2.17. The van der Waals surface area contributed by atoms with Crippen LogP contribution in [-0.4, -0.2) is 42.5 Å². The van der Waals surface area contributed by atoms with Crippen molar-refractivity contribution in [1.29, 1.82) is 0 Å². The fraction of sp³-hybridized carbons (Fsp3) is 0.375. The van der Waals surface area contributed by atoms with Crippen LogP contribution >= 0.6 is 0 Å². The number of sulfone groups is 1. The van der Waals surface area contributed by atoms with Crippen molar-refractivity contribution in [2.75, 3.05) is 28.7 Å². The molecule has 3 rings (SSSR count). The van der Waals surface area contributed by atoms with E-state index >= 15 is 0 Å². The lowest BCUT2D eigenvalue weighted by Gasteiger charge is -2.12. The van der Waals surface area contributed by atoms with Crippen molar-refractivity contribution in [2.24, 2.45) is 0 Å². The maximum Gasteiger partial charge on any atom is 0.152 e. The molecule has 0 radical (unpaired) electrons. The Morgan fingerprint density at radius 2 is 1.91 bits per heavy atom. The molecule has 7 heteroatoms. The molecule has 0 aliphatic carbocycles. The average Bonchev–Trinajstić information content (AvgIpc) is 2.87. The van der Waals surface area contributed by atoms with Crippen molar-refractivity contribution in [3.05, 3.63) is 48.3 Å². The maximum atomic E-state index is 11.5. The van der Waals surface area contributed by atoms with Crippen LogP contribution in [0.1, 0.15) is 12.0 Å². The van der Waals surface area contributed by atoms with Crippen molar-refractivity contribution in [1.82, 2.24) is 9.97 Å². The summed E-state index contributed by atoms with van der Waals surface area (Å²) < 4.78 is 23.0. The van der Waals surface area contributed by atoms with Crippen LogP contribution in [0.2, 0.25) is 0 Å². The zero-order valence-corrected chi connectivity index (χ0v) is 13.6. The molecule has 122 valence electrons. The molecule has 1 aliphatic rings. The molecule has 1 aliphatic heterocycles. The summed E-state index contributed by atoms with van der Waals surface area (Å²) in [6.07, 6.45) is 3.02. The number of nitrogens with zero attached hydrogens (tertiary/aromatic N) is 2. The number of nitrogens with one attached hydrogen (secondary N) is 2. The summed E-state index contributed by atoms with van der Waals surface area (Å²) in [6, 6.07) is 12.0. The van der Waals surface area contributed by atoms with Gasteiger partial charge in [0.05, 0.1) is 11.5 Å². The van der Waals surface area contributed by atoms with Crippen molar-refractivity contribution in [3.63, 3.8) is 0 Å². The summed E-state index contributed by atoms with van der Waals surface area (Å²) in [5.41, 5.74) is 1.27. The third kappa shape index (κ3) is 4.66. The van der Waals surface area contributed by atoms with Gasteiger partial charge < -0.3 is 10.6 Å². The second kappa shape index (κ2) is 6.95. The number of benzene rings is 1. The van der Waals surface area contributed by atoms with E-state index in [9.17, 15) is 8.42 Å². The smallest absolute Gasteiger partial charge is 0.152 e. The molecule has 1 aromatic carbocycles. The number of aromatic nitrogens is 2. The molecule has 1 atom stereocenters. The molecule has 0 amide bonds. The summed E-state index contributed by atoms with van der Waals surface area (Å²) >= 11 is 0. The molecule has 1 saturated heterocycles. The SMILES string of the molecule is O=S1(=O)CCC(Nc2cc(NCCc3ccccc3)ncn2)C1. The van der Waals surface area contributed by atoms with Crippen LogP contribution in [0.5, 0.6) is 0 Å². The molecular weight excluding hydrogens is 312 g/mol. The molecule has 2 aromatic rings. The molecule has 6 nitrogen and oxygen atoms in total. The first-order chi connectivity index (χ1) is 11.1. The zero-order valence-electron chi connectivity index (χ0n) is 12.8. The van der Waals surface area contributed by atoms with Gasteiger partial charge in [0.2, 0.25) is 0 Å².